The van der Waals surface area contributed by atoms with E-state index in [1.807, 2.05) is 19.1 Å². The van der Waals surface area contributed by atoms with E-state index in [1.54, 1.807) is 30.5 Å². The molecule has 1 aromatic carbocycles. The summed E-state index contributed by atoms with van der Waals surface area (Å²) in [5, 5.41) is 20.7. The lowest BCUT2D eigenvalue weighted by atomic mass is 9.79. The number of nitrogens with two attached hydrogens (primary N) is 1. The number of benzene rings is 1. The third-order valence-corrected chi connectivity index (χ3v) is 5.55. The highest BCUT2D eigenvalue weighted by Gasteiger charge is 2.33. The van der Waals surface area contributed by atoms with Crippen LogP contribution in [0.15, 0.2) is 48.8 Å². The topological polar surface area (TPSA) is 138 Å². The minimum atomic E-state index is -0.777. The first kappa shape index (κ1) is 21.2. The highest BCUT2D eigenvalue weighted by atomic mass is 16.5. The Hall–Kier alpha value is -4.09. The van der Waals surface area contributed by atoms with Crippen molar-refractivity contribution in [3.05, 3.63) is 76.9 Å². The molecule has 2 aromatic heterocycles. The fraction of sp³-hybridized carbons (Fsp3) is 0.208. The van der Waals surface area contributed by atoms with Gasteiger partial charge < -0.3 is 21.2 Å². The zero-order valence-corrected chi connectivity index (χ0v) is 17.6. The molecule has 1 atom stereocenters. The van der Waals surface area contributed by atoms with Crippen molar-refractivity contribution in [2.75, 3.05) is 6.61 Å². The maximum atomic E-state index is 12.8. The Balaban J connectivity index is 1.53. The van der Waals surface area contributed by atoms with E-state index in [2.05, 4.69) is 21.4 Å². The number of allylic oxidation sites excluding steroid dienone is 1. The Kier molecular flexibility index (Phi) is 5.67. The molecule has 8 heteroatoms. The predicted octanol–water partition coefficient (Wildman–Crippen LogP) is 2.82. The molecule has 0 aliphatic carbocycles. The number of hydrogen-bond donors (Lipinski definition) is 3. The van der Waals surface area contributed by atoms with Crippen molar-refractivity contribution in [3.8, 4) is 6.07 Å². The molecule has 1 amide bonds. The summed E-state index contributed by atoms with van der Waals surface area (Å²) in [6, 6.07) is 13.1. The smallest absolute Gasteiger partial charge is 0.251 e. The second-order valence-corrected chi connectivity index (χ2v) is 7.82. The van der Waals surface area contributed by atoms with Crippen LogP contribution in [0.2, 0.25) is 0 Å². The van der Waals surface area contributed by atoms with E-state index in [0.717, 1.165) is 22.7 Å². The number of nitrogens with one attached hydrogen (secondary N) is 2. The fourth-order valence-corrected chi connectivity index (χ4v) is 3.69. The van der Waals surface area contributed by atoms with Crippen LogP contribution in [-0.2, 0) is 23.3 Å². The van der Waals surface area contributed by atoms with Crippen LogP contribution in [-0.4, -0.2) is 28.7 Å². The van der Waals surface area contributed by atoms with Crippen molar-refractivity contribution in [2.45, 2.75) is 25.5 Å². The quantitative estimate of drug-likeness (QED) is 0.536. The Morgan fingerprint density at radius 3 is 2.97 bits per heavy atom. The van der Waals surface area contributed by atoms with Crippen molar-refractivity contribution < 1.29 is 9.53 Å². The monoisotopic (exact) mass is 426 g/mol. The molecule has 0 saturated heterocycles. The van der Waals surface area contributed by atoms with E-state index in [4.69, 9.17) is 15.9 Å². The van der Waals surface area contributed by atoms with Gasteiger partial charge >= 0.3 is 0 Å². The summed E-state index contributed by atoms with van der Waals surface area (Å²) >= 11 is 0. The molecule has 0 radical (unpaired) electrons. The lowest BCUT2D eigenvalue weighted by molar-refractivity contribution is 0.0757. The minimum absolute atomic E-state index is 0.223. The van der Waals surface area contributed by atoms with Crippen LogP contribution < -0.4 is 11.1 Å². The number of nitrogens with zero attached hydrogens (tertiary/aromatic N) is 3. The summed E-state index contributed by atoms with van der Waals surface area (Å²) < 4.78 is 5.52. The normalized spacial score (nSPS) is 17.9. The highest BCUT2D eigenvalue weighted by molar-refractivity contribution is 6.07. The van der Waals surface area contributed by atoms with E-state index in [1.165, 1.54) is 6.20 Å². The standard InChI is InChI=1S/C24H22N6O2/c1-24(13-27)14-32-12-17-3-2-15(6-20(17)24)23(31)29-11-19-7-22-16(10-28-19)4-5-21(30-22)18(8-25)9-26/h2-10,25H,11-12,14,26H2,1H3,(H,29,31)/b18-9+,25-8?/t24-/m1/s1. The second kappa shape index (κ2) is 8.57. The molecule has 160 valence electrons. The molecule has 0 fully saturated rings. The van der Waals surface area contributed by atoms with Gasteiger partial charge in [-0.05, 0) is 48.4 Å². The molecule has 0 bridgehead atoms. The molecule has 1 aliphatic heterocycles. The van der Waals surface area contributed by atoms with Crippen LogP contribution in [0, 0.1) is 16.7 Å². The molecule has 8 nitrogen and oxygen atoms in total. The number of fused-ring (bicyclic) bond motifs is 2. The summed E-state index contributed by atoms with van der Waals surface area (Å²) in [4.78, 5) is 21.7. The maximum Gasteiger partial charge on any atom is 0.251 e. The lowest BCUT2D eigenvalue weighted by Gasteiger charge is -2.30. The Bertz CT molecular complexity index is 1290. The molecule has 3 heterocycles. The number of aromatic nitrogens is 2. The number of hydrogen-bond acceptors (Lipinski definition) is 7. The third kappa shape index (κ3) is 3.94. The fourth-order valence-electron chi connectivity index (χ4n) is 3.69. The van der Waals surface area contributed by atoms with Crippen LogP contribution in [0.3, 0.4) is 0 Å². The summed E-state index contributed by atoms with van der Waals surface area (Å²) in [5.74, 6) is -0.250. The zero-order chi connectivity index (χ0) is 22.7. The van der Waals surface area contributed by atoms with Gasteiger partial charge in [-0.3, -0.25) is 9.78 Å². The first-order chi connectivity index (χ1) is 15.5. The van der Waals surface area contributed by atoms with Gasteiger partial charge in [0.05, 0.1) is 42.7 Å². The van der Waals surface area contributed by atoms with Crippen LogP contribution >= 0.6 is 0 Å². The molecule has 4 N–H and O–H groups in total. The van der Waals surface area contributed by atoms with Crippen molar-refractivity contribution in [1.29, 1.82) is 10.7 Å². The minimum Gasteiger partial charge on any atom is -0.404 e. The Labute approximate surface area is 185 Å². The highest BCUT2D eigenvalue weighted by Crippen LogP contribution is 2.32. The molecule has 1 aliphatic rings. The number of carbonyl (C=O) groups excluding carboxylic acids is 1. The summed E-state index contributed by atoms with van der Waals surface area (Å²) in [5.41, 5.74) is 9.46. The SMILES string of the molecule is C[C@@]1(C#N)COCc2ccc(C(=O)NCc3cc4nc(/C(C=N)=C/N)ccc4cn3)cc21. The third-order valence-electron chi connectivity index (χ3n) is 5.55. The Morgan fingerprint density at radius 1 is 1.38 bits per heavy atom. The predicted molar refractivity (Wildman–Crippen MR) is 121 cm³/mol. The van der Waals surface area contributed by atoms with E-state index in [-0.39, 0.29) is 12.5 Å². The number of carbonyl (C=O) groups is 1. The van der Waals surface area contributed by atoms with Crippen LogP contribution in [0.1, 0.15) is 39.8 Å². The van der Waals surface area contributed by atoms with Gasteiger partial charge in [-0.1, -0.05) is 6.07 Å². The van der Waals surface area contributed by atoms with Gasteiger partial charge in [-0.25, -0.2) is 4.98 Å². The van der Waals surface area contributed by atoms with E-state index in [0.29, 0.717) is 41.3 Å². The molecule has 32 heavy (non-hydrogen) atoms. The number of pyridine rings is 2. The zero-order valence-electron chi connectivity index (χ0n) is 17.6. The average Bonchev–Trinajstić information content (AvgIpc) is 2.83. The van der Waals surface area contributed by atoms with Gasteiger partial charge in [0.15, 0.2) is 0 Å². The summed E-state index contributed by atoms with van der Waals surface area (Å²) in [7, 11) is 0. The number of amides is 1. The molecule has 4 rings (SSSR count). The van der Waals surface area contributed by atoms with Gasteiger partial charge in [-0.15, -0.1) is 0 Å². The van der Waals surface area contributed by atoms with Crippen molar-refractivity contribution in [1.82, 2.24) is 15.3 Å². The summed E-state index contributed by atoms with van der Waals surface area (Å²) in [6.45, 7) is 2.78. The maximum absolute atomic E-state index is 12.8. The molecule has 3 aromatic rings. The summed E-state index contributed by atoms with van der Waals surface area (Å²) in [6.07, 6.45) is 4.19. The van der Waals surface area contributed by atoms with Crippen LogP contribution in [0.5, 0.6) is 0 Å². The number of rotatable bonds is 5. The first-order valence-corrected chi connectivity index (χ1v) is 10.1. The van der Waals surface area contributed by atoms with Gasteiger partial charge in [0.2, 0.25) is 0 Å². The van der Waals surface area contributed by atoms with Gasteiger partial charge in [0, 0.05) is 35.1 Å². The first-order valence-electron chi connectivity index (χ1n) is 10.1. The lowest BCUT2D eigenvalue weighted by Crippen LogP contribution is -2.33. The van der Waals surface area contributed by atoms with E-state index >= 15 is 0 Å². The average molecular weight is 426 g/mol. The van der Waals surface area contributed by atoms with E-state index < -0.39 is 5.41 Å². The molecule has 0 unspecified atom stereocenters. The van der Waals surface area contributed by atoms with Crippen molar-refractivity contribution in [3.63, 3.8) is 0 Å². The molecule has 0 spiro atoms. The molecular formula is C24H22N6O2. The van der Waals surface area contributed by atoms with Crippen LogP contribution in [0.25, 0.3) is 16.5 Å². The number of nitriles is 1. The van der Waals surface area contributed by atoms with Crippen molar-refractivity contribution in [2.24, 2.45) is 5.73 Å². The number of ether oxygens (including phenoxy) is 1. The molecule has 0 saturated carbocycles. The van der Waals surface area contributed by atoms with Gasteiger partial charge in [0.25, 0.3) is 5.91 Å². The second-order valence-electron chi connectivity index (χ2n) is 7.82. The van der Waals surface area contributed by atoms with Crippen LogP contribution in [0.4, 0.5) is 0 Å². The van der Waals surface area contributed by atoms with Crippen molar-refractivity contribution >= 4 is 28.6 Å². The largest absolute Gasteiger partial charge is 0.404 e. The van der Waals surface area contributed by atoms with Gasteiger partial charge in [-0.2, -0.15) is 5.26 Å². The Morgan fingerprint density at radius 2 is 2.22 bits per heavy atom. The molecular weight excluding hydrogens is 404 g/mol. The van der Waals surface area contributed by atoms with Gasteiger partial charge in [0.1, 0.15) is 5.41 Å². The van der Waals surface area contributed by atoms with E-state index in [9.17, 15) is 10.1 Å².